The molecule has 0 aliphatic rings. The average Bonchev–Trinajstić information content (AvgIpc) is 2.33. The molecule has 1 aromatic rings. The van der Waals surface area contributed by atoms with Crippen LogP contribution in [-0.2, 0) is 0 Å². The molecule has 0 atom stereocenters. The molecule has 18 heavy (non-hydrogen) atoms. The molecule has 2 heteroatoms. The highest BCUT2D eigenvalue weighted by Crippen LogP contribution is 2.27. The van der Waals surface area contributed by atoms with Crippen molar-refractivity contribution in [2.45, 2.75) is 34.1 Å². The topological polar surface area (TPSA) is 24.7 Å². The van der Waals surface area contributed by atoms with Gasteiger partial charge in [-0.3, -0.25) is 0 Å². The van der Waals surface area contributed by atoms with Gasteiger partial charge in [-0.15, -0.1) is 0 Å². The maximum Gasteiger partial charge on any atom is 0.0945 e. The van der Waals surface area contributed by atoms with Crippen molar-refractivity contribution in [1.82, 2.24) is 0 Å². The van der Waals surface area contributed by atoms with Crippen molar-refractivity contribution in [2.24, 2.45) is 15.4 Å². The third-order valence-corrected chi connectivity index (χ3v) is 2.45. The smallest absolute Gasteiger partial charge is 0.0945 e. The van der Waals surface area contributed by atoms with E-state index >= 15 is 0 Å². The number of nitrogens with zero attached hydrogens (tertiary/aromatic N) is 2. The summed E-state index contributed by atoms with van der Waals surface area (Å²) in [5, 5.41) is 0. The van der Waals surface area contributed by atoms with Crippen LogP contribution in [0.15, 0.2) is 46.0 Å². The van der Waals surface area contributed by atoms with Crippen LogP contribution in [0.1, 0.15) is 39.7 Å². The van der Waals surface area contributed by atoms with E-state index in [1.165, 1.54) is 0 Å². The second-order valence-corrected chi connectivity index (χ2v) is 5.28. The molecule has 96 valence electrons. The fourth-order valence-corrected chi connectivity index (χ4v) is 1.37. The normalized spacial score (nSPS) is 11.9. The molecule has 0 bridgehead atoms. The Morgan fingerprint density at radius 3 is 2.44 bits per heavy atom. The minimum absolute atomic E-state index is 0.00935. The quantitative estimate of drug-likeness (QED) is 0.686. The molecule has 0 spiro atoms. The SMILES string of the molecule is CCCN=C=N/C(=C/c1ccccc1)C(C)(C)C. The number of benzene rings is 1. The summed E-state index contributed by atoms with van der Waals surface area (Å²) in [5.41, 5.74) is 2.14. The third kappa shape index (κ3) is 5.11. The van der Waals surface area contributed by atoms with Crippen LogP contribution in [0, 0.1) is 5.41 Å². The second-order valence-electron chi connectivity index (χ2n) is 5.28. The van der Waals surface area contributed by atoms with Gasteiger partial charge in [0.25, 0.3) is 0 Å². The largest absolute Gasteiger partial charge is 0.225 e. The lowest BCUT2D eigenvalue weighted by Gasteiger charge is -2.18. The summed E-state index contributed by atoms with van der Waals surface area (Å²) in [5.74, 6) is 0. The maximum atomic E-state index is 4.37. The van der Waals surface area contributed by atoms with Gasteiger partial charge in [-0.05, 0) is 18.1 Å². The maximum absolute atomic E-state index is 4.37. The summed E-state index contributed by atoms with van der Waals surface area (Å²) in [6.07, 6.45) is 3.12. The molecule has 0 N–H and O–H groups in total. The van der Waals surface area contributed by atoms with Crippen molar-refractivity contribution in [3.05, 3.63) is 41.6 Å². The number of hydrogen-bond acceptors (Lipinski definition) is 2. The summed E-state index contributed by atoms with van der Waals surface area (Å²) < 4.78 is 0. The summed E-state index contributed by atoms with van der Waals surface area (Å²) >= 11 is 0. The van der Waals surface area contributed by atoms with Crippen molar-refractivity contribution in [1.29, 1.82) is 0 Å². The Balaban J connectivity index is 3.00. The number of allylic oxidation sites excluding steroid dienone is 1. The molecule has 1 rings (SSSR count). The minimum Gasteiger partial charge on any atom is -0.225 e. The standard InChI is InChI=1S/C16H22N2/c1-5-11-17-13-18-15(16(2,3)4)12-14-9-7-6-8-10-14/h6-10,12H,5,11H2,1-4H3/b15-12+. The number of rotatable bonds is 4. The van der Waals surface area contributed by atoms with Gasteiger partial charge in [-0.25, -0.2) is 4.99 Å². The van der Waals surface area contributed by atoms with E-state index in [0.717, 1.165) is 24.2 Å². The predicted molar refractivity (Wildman–Crippen MR) is 78.9 cm³/mol. The first-order chi connectivity index (χ1) is 8.54. The molecule has 0 aromatic heterocycles. The highest BCUT2D eigenvalue weighted by molar-refractivity contribution is 5.57. The van der Waals surface area contributed by atoms with E-state index in [-0.39, 0.29) is 5.41 Å². The van der Waals surface area contributed by atoms with Gasteiger partial charge >= 0.3 is 0 Å². The first kappa shape index (κ1) is 14.4. The zero-order valence-corrected chi connectivity index (χ0v) is 11.8. The molecule has 0 saturated carbocycles. The molecule has 1 aromatic carbocycles. The number of aliphatic imine (C=N–C) groups is 2. The van der Waals surface area contributed by atoms with Crippen LogP contribution in [0.5, 0.6) is 0 Å². The van der Waals surface area contributed by atoms with Gasteiger partial charge in [0, 0.05) is 12.0 Å². The first-order valence-corrected chi connectivity index (χ1v) is 6.43. The van der Waals surface area contributed by atoms with Crippen LogP contribution < -0.4 is 0 Å². The van der Waals surface area contributed by atoms with Crippen LogP contribution in [0.2, 0.25) is 0 Å². The Labute approximate surface area is 110 Å². The van der Waals surface area contributed by atoms with E-state index in [1.807, 2.05) is 18.2 Å². The van der Waals surface area contributed by atoms with Crippen LogP contribution in [0.25, 0.3) is 6.08 Å². The second kappa shape index (κ2) is 6.93. The van der Waals surface area contributed by atoms with Crippen LogP contribution in [0.3, 0.4) is 0 Å². The zero-order chi connectivity index (χ0) is 13.4. The zero-order valence-electron chi connectivity index (χ0n) is 11.8. The minimum atomic E-state index is -0.00935. The lowest BCUT2D eigenvalue weighted by molar-refractivity contribution is 0.503. The van der Waals surface area contributed by atoms with Crippen LogP contribution in [0.4, 0.5) is 0 Å². The third-order valence-electron chi connectivity index (χ3n) is 2.45. The fourth-order valence-electron chi connectivity index (χ4n) is 1.37. The highest BCUT2D eigenvalue weighted by Gasteiger charge is 2.16. The molecule has 0 saturated heterocycles. The summed E-state index contributed by atoms with van der Waals surface area (Å²) in [7, 11) is 0. The van der Waals surface area contributed by atoms with Gasteiger partial charge in [-0.2, -0.15) is 4.99 Å². The van der Waals surface area contributed by atoms with E-state index in [9.17, 15) is 0 Å². The summed E-state index contributed by atoms with van der Waals surface area (Å²) in [6, 6.07) is 13.0. The van der Waals surface area contributed by atoms with Gasteiger partial charge in [0.2, 0.25) is 0 Å². The van der Waals surface area contributed by atoms with Crippen molar-refractivity contribution in [3.8, 4) is 0 Å². The Bertz CT molecular complexity index is 444. The van der Waals surface area contributed by atoms with Gasteiger partial charge in [0.15, 0.2) is 0 Å². The van der Waals surface area contributed by atoms with Crippen molar-refractivity contribution < 1.29 is 0 Å². The van der Waals surface area contributed by atoms with Gasteiger partial charge in [-0.1, -0.05) is 58.0 Å². The average molecular weight is 242 g/mol. The van der Waals surface area contributed by atoms with E-state index in [4.69, 9.17) is 0 Å². The predicted octanol–water partition coefficient (Wildman–Crippen LogP) is 4.66. The van der Waals surface area contributed by atoms with Crippen molar-refractivity contribution in [3.63, 3.8) is 0 Å². The molecule has 0 aliphatic carbocycles. The van der Waals surface area contributed by atoms with Gasteiger partial charge in [0.1, 0.15) is 0 Å². The Morgan fingerprint density at radius 2 is 1.89 bits per heavy atom. The lowest BCUT2D eigenvalue weighted by Crippen LogP contribution is -2.07. The van der Waals surface area contributed by atoms with Gasteiger partial charge in [0.05, 0.1) is 11.7 Å². The fraction of sp³-hybridized carbons (Fsp3) is 0.438. The Hall–Kier alpha value is -1.66. The Morgan fingerprint density at radius 1 is 1.22 bits per heavy atom. The van der Waals surface area contributed by atoms with Crippen molar-refractivity contribution in [2.75, 3.05) is 6.54 Å². The van der Waals surface area contributed by atoms with Gasteiger partial charge < -0.3 is 0 Å². The van der Waals surface area contributed by atoms with Crippen molar-refractivity contribution >= 4 is 12.1 Å². The van der Waals surface area contributed by atoms with Crippen LogP contribution >= 0.6 is 0 Å². The van der Waals surface area contributed by atoms with E-state index in [2.05, 4.69) is 61.9 Å². The molecule has 2 nitrogen and oxygen atoms in total. The molecule has 0 radical (unpaired) electrons. The number of hydrogen-bond donors (Lipinski definition) is 0. The molecule has 0 amide bonds. The molecule has 0 fully saturated rings. The first-order valence-electron chi connectivity index (χ1n) is 6.43. The molecule has 0 aliphatic heterocycles. The summed E-state index contributed by atoms with van der Waals surface area (Å²) in [6.45, 7) is 9.31. The lowest BCUT2D eigenvalue weighted by atomic mass is 9.91. The van der Waals surface area contributed by atoms with E-state index in [0.29, 0.717) is 0 Å². The van der Waals surface area contributed by atoms with E-state index < -0.39 is 0 Å². The Kier molecular flexibility index (Phi) is 5.54. The monoisotopic (exact) mass is 242 g/mol. The van der Waals surface area contributed by atoms with E-state index in [1.54, 1.807) is 0 Å². The summed E-state index contributed by atoms with van der Waals surface area (Å²) in [4.78, 5) is 8.50. The molecule has 0 heterocycles. The molecule has 0 unspecified atom stereocenters. The highest BCUT2D eigenvalue weighted by atomic mass is 14.8. The van der Waals surface area contributed by atoms with Crippen LogP contribution in [-0.4, -0.2) is 12.6 Å². The molecular weight excluding hydrogens is 220 g/mol. The molecular formula is C16H22N2.